The van der Waals surface area contributed by atoms with Crippen molar-refractivity contribution in [3.05, 3.63) is 28.7 Å². The lowest BCUT2D eigenvalue weighted by molar-refractivity contribution is -0.139. The number of carboxylic acid groups (broad SMARTS) is 1. The summed E-state index contributed by atoms with van der Waals surface area (Å²) < 4.78 is 6.19. The van der Waals surface area contributed by atoms with E-state index in [-0.39, 0.29) is 22.8 Å². The van der Waals surface area contributed by atoms with Crippen molar-refractivity contribution >= 4 is 44.8 Å². The SMILES string of the molecule is CC(=O)N(c1cccc(-c2sc(-c3nn[nH]n3)c(OCC(=O)O)c2Br)c1)C1CC(C)(C)CC(C)(C)C1. The fourth-order valence-corrected chi connectivity index (χ4v) is 7.65. The van der Waals surface area contributed by atoms with Crippen LogP contribution in [0.2, 0.25) is 0 Å². The third-order valence-corrected chi connectivity index (χ3v) is 8.56. The van der Waals surface area contributed by atoms with Crippen LogP contribution in [-0.4, -0.2) is 50.3 Å². The monoisotopic (exact) mass is 575 g/mol. The number of ether oxygens (including phenoxy) is 1. The first-order chi connectivity index (χ1) is 16.9. The Balaban J connectivity index is 1.75. The number of carbonyl (C=O) groups excluding carboxylic acids is 1. The van der Waals surface area contributed by atoms with Crippen LogP contribution in [-0.2, 0) is 9.59 Å². The number of aromatic amines is 1. The minimum absolute atomic E-state index is 0.00821. The number of nitrogens with zero attached hydrogens (tertiary/aromatic N) is 4. The molecule has 0 saturated heterocycles. The number of halogens is 1. The van der Waals surface area contributed by atoms with Crippen LogP contribution in [0.15, 0.2) is 28.7 Å². The summed E-state index contributed by atoms with van der Waals surface area (Å²) in [4.78, 5) is 27.4. The molecule has 0 spiro atoms. The van der Waals surface area contributed by atoms with Gasteiger partial charge < -0.3 is 14.7 Å². The molecule has 2 aromatic heterocycles. The zero-order valence-corrected chi connectivity index (χ0v) is 23.4. The molecule has 1 saturated carbocycles. The summed E-state index contributed by atoms with van der Waals surface area (Å²) in [5.41, 5.74) is 1.95. The number of tetrazole rings is 1. The summed E-state index contributed by atoms with van der Waals surface area (Å²) in [7, 11) is 0. The summed E-state index contributed by atoms with van der Waals surface area (Å²) in [6.45, 7) is 10.2. The molecule has 1 aromatic carbocycles. The van der Waals surface area contributed by atoms with Crippen molar-refractivity contribution in [1.82, 2.24) is 20.6 Å². The highest BCUT2D eigenvalue weighted by atomic mass is 79.9. The van der Waals surface area contributed by atoms with Gasteiger partial charge in [-0.3, -0.25) is 4.79 Å². The summed E-state index contributed by atoms with van der Waals surface area (Å²) in [6.07, 6.45) is 2.97. The van der Waals surface area contributed by atoms with Crippen LogP contribution in [0.1, 0.15) is 53.9 Å². The first-order valence-electron chi connectivity index (χ1n) is 11.7. The Bertz CT molecular complexity index is 1260. The normalized spacial score (nSPS) is 17.1. The average molecular weight is 577 g/mol. The second-order valence-electron chi connectivity index (χ2n) is 10.8. The number of carboxylic acids is 1. The van der Waals surface area contributed by atoms with E-state index in [9.17, 15) is 9.59 Å². The smallest absolute Gasteiger partial charge is 0.341 e. The van der Waals surface area contributed by atoms with E-state index in [4.69, 9.17) is 9.84 Å². The van der Waals surface area contributed by atoms with Crippen LogP contribution < -0.4 is 9.64 Å². The highest BCUT2D eigenvalue weighted by Gasteiger charge is 2.41. The van der Waals surface area contributed by atoms with Crippen molar-refractivity contribution in [3.63, 3.8) is 0 Å². The number of hydrogen-bond donors (Lipinski definition) is 2. The van der Waals surface area contributed by atoms with Gasteiger partial charge in [-0.2, -0.15) is 5.21 Å². The van der Waals surface area contributed by atoms with Crippen molar-refractivity contribution in [2.75, 3.05) is 11.5 Å². The molecule has 11 heteroatoms. The number of aliphatic carboxylic acids is 1. The molecule has 192 valence electrons. The maximum Gasteiger partial charge on any atom is 0.341 e. The number of amides is 1. The zero-order chi connectivity index (χ0) is 26.3. The number of thiophene rings is 1. The van der Waals surface area contributed by atoms with Crippen molar-refractivity contribution in [1.29, 1.82) is 0 Å². The first kappa shape index (κ1) is 26.3. The number of rotatable bonds is 7. The van der Waals surface area contributed by atoms with E-state index >= 15 is 0 Å². The molecule has 0 aliphatic heterocycles. The molecule has 2 heterocycles. The predicted molar refractivity (Wildman–Crippen MR) is 142 cm³/mol. The highest BCUT2D eigenvalue weighted by Crippen LogP contribution is 2.51. The van der Waals surface area contributed by atoms with E-state index in [1.54, 1.807) is 6.92 Å². The largest absolute Gasteiger partial charge is 0.479 e. The van der Waals surface area contributed by atoms with Crippen molar-refractivity contribution in [2.24, 2.45) is 10.8 Å². The molecule has 4 rings (SSSR count). The molecule has 0 unspecified atom stereocenters. The molecule has 1 amide bonds. The van der Waals surface area contributed by atoms with Crippen LogP contribution in [0.25, 0.3) is 21.1 Å². The Morgan fingerprint density at radius 3 is 2.50 bits per heavy atom. The first-order valence-corrected chi connectivity index (χ1v) is 13.3. The Morgan fingerprint density at radius 2 is 1.92 bits per heavy atom. The van der Waals surface area contributed by atoms with Gasteiger partial charge in [-0.05, 0) is 68.9 Å². The third-order valence-electron chi connectivity index (χ3n) is 6.32. The molecular formula is C25H30BrN5O4S. The molecule has 9 nitrogen and oxygen atoms in total. The van der Waals surface area contributed by atoms with Crippen LogP contribution in [0.3, 0.4) is 0 Å². The van der Waals surface area contributed by atoms with Gasteiger partial charge in [0.05, 0.1) is 9.35 Å². The van der Waals surface area contributed by atoms with E-state index in [1.165, 1.54) is 11.3 Å². The maximum atomic E-state index is 13.0. The summed E-state index contributed by atoms with van der Waals surface area (Å²) in [5, 5.41) is 23.3. The van der Waals surface area contributed by atoms with Crippen LogP contribution in [0, 0.1) is 10.8 Å². The van der Waals surface area contributed by atoms with Crippen molar-refractivity contribution in [2.45, 2.75) is 59.9 Å². The molecule has 0 atom stereocenters. The van der Waals surface area contributed by atoms with Crippen molar-refractivity contribution < 1.29 is 19.4 Å². The molecule has 36 heavy (non-hydrogen) atoms. The van der Waals surface area contributed by atoms with Gasteiger partial charge in [0, 0.05) is 18.7 Å². The molecule has 0 bridgehead atoms. The van der Waals surface area contributed by atoms with Gasteiger partial charge >= 0.3 is 5.97 Å². The number of anilines is 1. The minimum Gasteiger partial charge on any atom is -0.479 e. The highest BCUT2D eigenvalue weighted by molar-refractivity contribution is 9.10. The predicted octanol–water partition coefficient (Wildman–Crippen LogP) is 5.78. The van der Waals surface area contributed by atoms with Gasteiger partial charge in [0.1, 0.15) is 4.88 Å². The fourth-order valence-electron chi connectivity index (χ4n) is 5.67. The van der Waals surface area contributed by atoms with Gasteiger partial charge in [-0.1, -0.05) is 39.8 Å². The average Bonchev–Trinajstić information content (AvgIpc) is 3.38. The number of carbonyl (C=O) groups is 2. The quantitative estimate of drug-likeness (QED) is 0.366. The molecule has 1 fully saturated rings. The Hall–Kier alpha value is -2.79. The minimum atomic E-state index is -1.09. The molecule has 3 aromatic rings. The van der Waals surface area contributed by atoms with Crippen LogP contribution in [0.5, 0.6) is 5.75 Å². The van der Waals surface area contributed by atoms with Gasteiger partial charge in [0.25, 0.3) is 0 Å². The van der Waals surface area contributed by atoms with E-state index in [2.05, 4.69) is 64.2 Å². The van der Waals surface area contributed by atoms with Gasteiger partial charge in [-0.15, -0.1) is 21.5 Å². The Labute approximate surface area is 222 Å². The molecule has 1 aliphatic rings. The van der Waals surface area contributed by atoms with E-state index in [1.807, 2.05) is 29.2 Å². The summed E-state index contributed by atoms with van der Waals surface area (Å²) in [6, 6.07) is 7.93. The van der Waals surface area contributed by atoms with E-state index in [0.717, 1.165) is 35.4 Å². The van der Waals surface area contributed by atoms with Gasteiger partial charge in [0.15, 0.2) is 12.4 Å². The summed E-state index contributed by atoms with van der Waals surface area (Å²) >= 11 is 4.96. The topological polar surface area (TPSA) is 121 Å². The Kier molecular flexibility index (Phi) is 7.25. The lowest BCUT2D eigenvalue weighted by Gasteiger charge is -2.48. The molecule has 2 N–H and O–H groups in total. The lowest BCUT2D eigenvalue weighted by atomic mass is 9.63. The fraction of sp³-hybridized carbons (Fsp3) is 0.480. The Morgan fingerprint density at radius 1 is 1.22 bits per heavy atom. The second-order valence-corrected chi connectivity index (χ2v) is 12.6. The lowest BCUT2D eigenvalue weighted by Crippen LogP contribution is -2.48. The summed E-state index contributed by atoms with van der Waals surface area (Å²) in [5.74, 6) is -0.441. The standard InChI is InChI=1S/C25H30BrN5O4S/c1-14(32)31(17-10-24(2,3)13-25(4,5)11-17)16-8-6-7-15(9-16)21-19(26)20(35-12-18(33)34)22(36-21)23-27-29-30-28-23/h6-9,17H,10-13H2,1-5H3,(H,33,34)(H,27,28,29,30). The zero-order valence-electron chi connectivity index (χ0n) is 21.0. The van der Waals surface area contributed by atoms with Crippen molar-refractivity contribution in [3.8, 4) is 26.9 Å². The van der Waals surface area contributed by atoms with E-state index in [0.29, 0.717) is 20.9 Å². The number of H-pyrrole nitrogens is 1. The van der Waals surface area contributed by atoms with E-state index < -0.39 is 12.6 Å². The number of aromatic nitrogens is 4. The van der Waals surface area contributed by atoms with Crippen LogP contribution >= 0.6 is 27.3 Å². The molecular weight excluding hydrogens is 546 g/mol. The number of nitrogens with one attached hydrogen (secondary N) is 1. The second kappa shape index (κ2) is 9.93. The maximum absolute atomic E-state index is 13.0. The third kappa shape index (κ3) is 5.62. The number of benzene rings is 1. The van der Waals surface area contributed by atoms with Crippen LogP contribution in [0.4, 0.5) is 5.69 Å². The van der Waals surface area contributed by atoms with Gasteiger partial charge in [0.2, 0.25) is 11.7 Å². The number of hydrogen-bond acceptors (Lipinski definition) is 7. The molecule has 0 radical (unpaired) electrons. The molecule has 1 aliphatic carbocycles. The van der Waals surface area contributed by atoms with Gasteiger partial charge in [-0.25, -0.2) is 4.79 Å².